The predicted octanol–water partition coefficient (Wildman–Crippen LogP) is 3.69. The summed E-state index contributed by atoms with van der Waals surface area (Å²) in [4.78, 5) is 0. The van der Waals surface area contributed by atoms with Crippen LogP contribution in [0.1, 0.15) is 25.3 Å². The fraction of sp³-hybridized carbons (Fsp3) is 0.571. The molecule has 1 fully saturated rings. The van der Waals surface area contributed by atoms with E-state index in [1.54, 1.807) is 12.1 Å². The number of rotatable bonds is 5. The minimum Gasteiger partial charge on any atom is -0.485 e. The molecule has 18 heavy (non-hydrogen) atoms. The average molecular weight is 273 g/mol. The first-order valence-electron chi connectivity index (χ1n) is 6.30. The summed E-state index contributed by atoms with van der Waals surface area (Å²) in [6.45, 7) is 4.60. The van der Waals surface area contributed by atoms with E-state index in [-0.39, 0.29) is 29.2 Å². The van der Waals surface area contributed by atoms with Gasteiger partial charge in [-0.2, -0.15) is 0 Å². The summed E-state index contributed by atoms with van der Waals surface area (Å²) in [6, 6.07) is 4.84. The smallest absolute Gasteiger partial charge is 0.165 e. The van der Waals surface area contributed by atoms with Gasteiger partial charge < -0.3 is 9.47 Å². The lowest BCUT2D eigenvalue weighted by Crippen LogP contribution is -2.52. The third-order valence-electron chi connectivity index (χ3n) is 3.06. The minimum absolute atomic E-state index is 0.0329. The highest BCUT2D eigenvalue weighted by Gasteiger charge is 2.43. The molecule has 0 bridgehead atoms. The quantitative estimate of drug-likeness (QED) is 0.761. The third-order valence-corrected chi connectivity index (χ3v) is 3.49. The number of hydrogen-bond acceptors (Lipinski definition) is 2. The molecule has 0 aliphatic heterocycles. The van der Waals surface area contributed by atoms with Crippen molar-refractivity contribution in [3.8, 4) is 5.75 Å². The molecule has 1 aliphatic carbocycles. The summed E-state index contributed by atoms with van der Waals surface area (Å²) < 4.78 is 24.8. The lowest BCUT2D eigenvalue weighted by atomic mass is 9.91. The summed E-state index contributed by atoms with van der Waals surface area (Å²) >= 11 is 6.08. The maximum atomic E-state index is 13.6. The predicted molar refractivity (Wildman–Crippen MR) is 69.8 cm³/mol. The van der Waals surface area contributed by atoms with E-state index in [9.17, 15) is 4.39 Å². The van der Waals surface area contributed by atoms with E-state index in [4.69, 9.17) is 21.1 Å². The van der Waals surface area contributed by atoms with Gasteiger partial charge in [-0.1, -0.05) is 13.0 Å². The topological polar surface area (TPSA) is 18.5 Å². The first kappa shape index (κ1) is 13.6. The second kappa shape index (κ2) is 5.89. The molecule has 1 saturated carbocycles. The number of hydrogen-bond donors (Lipinski definition) is 0. The molecule has 0 heterocycles. The van der Waals surface area contributed by atoms with Gasteiger partial charge in [0.15, 0.2) is 11.6 Å². The standard InChI is InChI=1S/C14H18ClFO2/c1-3-6-17-14-10(15)8-13(14)18-12-7-9(2)4-5-11(12)16/h4-5,7,10,13-14H,3,6,8H2,1-2H3. The number of aryl methyl sites for hydroxylation is 1. The van der Waals surface area contributed by atoms with Gasteiger partial charge in [0.1, 0.15) is 12.2 Å². The molecule has 2 rings (SSSR count). The minimum atomic E-state index is -0.340. The van der Waals surface area contributed by atoms with Crippen molar-refractivity contribution in [2.45, 2.75) is 44.3 Å². The summed E-state index contributed by atoms with van der Waals surface area (Å²) in [7, 11) is 0. The molecule has 0 N–H and O–H groups in total. The van der Waals surface area contributed by atoms with Crippen LogP contribution in [0.5, 0.6) is 5.75 Å². The molecule has 0 saturated heterocycles. The van der Waals surface area contributed by atoms with Gasteiger partial charge in [-0.15, -0.1) is 11.6 Å². The molecular formula is C14H18ClFO2. The van der Waals surface area contributed by atoms with Crippen LogP contribution in [-0.4, -0.2) is 24.2 Å². The zero-order chi connectivity index (χ0) is 13.1. The van der Waals surface area contributed by atoms with Gasteiger partial charge in [0.25, 0.3) is 0 Å². The summed E-state index contributed by atoms with van der Waals surface area (Å²) in [5, 5.41) is -0.0329. The zero-order valence-corrected chi connectivity index (χ0v) is 11.4. The Balaban J connectivity index is 1.98. The van der Waals surface area contributed by atoms with Gasteiger partial charge >= 0.3 is 0 Å². The number of ether oxygens (including phenoxy) is 2. The Labute approximate surface area is 112 Å². The Morgan fingerprint density at radius 2 is 2.22 bits per heavy atom. The first-order valence-corrected chi connectivity index (χ1v) is 6.74. The van der Waals surface area contributed by atoms with E-state index in [0.29, 0.717) is 13.0 Å². The highest BCUT2D eigenvalue weighted by atomic mass is 35.5. The summed E-state index contributed by atoms with van der Waals surface area (Å²) in [5.41, 5.74) is 0.971. The van der Waals surface area contributed by atoms with Crippen LogP contribution in [0.4, 0.5) is 4.39 Å². The van der Waals surface area contributed by atoms with Gasteiger partial charge in [-0.3, -0.25) is 0 Å². The van der Waals surface area contributed by atoms with Crippen molar-refractivity contribution in [1.29, 1.82) is 0 Å². The van der Waals surface area contributed by atoms with Gasteiger partial charge in [0, 0.05) is 13.0 Å². The molecule has 2 nitrogen and oxygen atoms in total. The van der Waals surface area contributed by atoms with Crippen LogP contribution < -0.4 is 4.74 Å². The van der Waals surface area contributed by atoms with Crippen molar-refractivity contribution < 1.29 is 13.9 Å². The van der Waals surface area contributed by atoms with E-state index < -0.39 is 0 Å². The van der Waals surface area contributed by atoms with Crippen molar-refractivity contribution in [3.05, 3.63) is 29.6 Å². The highest BCUT2D eigenvalue weighted by Crippen LogP contribution is 2.34. The van der Waals surface area contributed by atoms with Crippen molar-refractivity contribution in [1.82, 2.24) is 0 Å². The molecule has 0 amide bonds. The van der Waals surface area contributed by atoms with Crippen LogP contribution in [0, 0.1) is 12.7 Å². The molecule has 0 aromatic heterocycles. The lowest BCUT2D eigenvalue weighted by molar-refractivity contribution is -0.0808. The van der Waals surface area contributed by atoms with E-state index in [0.717, 1.165) is 12.0 Å². The van der Waals surface area contributed by atoms with Crippen molar-refractivity contribution in [2.24, 2.45) is 0 Å². The number of halogens is 2. The Hall–Kier alpha value is -0.800. The highest BCUT2D eigenvalue weighted by molar-refractivity contribution is 6.21. The van der Waals surface area contributed by atoms with Gasteiger partial charge in [-0.25, -0.2) is 4.39 Å². The Morgan fingerprint density at radius 1 is 1.44 bits per heavy atom. The zero-order valence-electron chi connectivity index (χ0n) is 10.7. The molecule has 0 spiro atoms. The van der Waals surface area contributed by atoms with Crippen LogP contribution in [0.3, 0.4) is 0 Å². The molecule has 0 radical (unpaired) electrons. The monoisotopic (exact) mass is 272 g/mol. The number of benzene rings is 1. The maximum Gasteiger partial charge on any atom is 0.165 e. The number of alkyl halides is 1. The van der Waals surface area contributed by atoms with Gasteiger partial charge in [-0.05, 0) is 31.0 Å². The first-order chi connectivity index (χ1) is 8.61. The Morgan fingerprint density at radius 3 is 2.89 bits per heavy atom. The SMILES string of the molecule is CCCOC1C(Cl)CC1Oc1cc(C)ccc1F. The van der Waals surface area contributed by atoms with Gasteiger partial charge in [0.05, 0.1) is 5.38 Å². The van der Waals surface area contributed by atoms with E-state index >= 15 is 0 Å². The van der Waals surface area contributed by atoms with Crippen molar-refractivity contribution in [2.75, 3.05) is 6.61 Å². The summed E-state index contributed by atoms with van der Waals surface area (Å²) in [5.74, 6) is -0.0541. The Kier molecular flexibility index (Phi) is 4.46. The van der Waals surface area contributed by atoms with Crippen molar-refractivity contribution in [3.63, 3.8) is 0 Å². The van der Waals surface area contributed by atoms with E-state index in [1.165, 1.54) is 6.07 Å². The van der Waals surface area contributed by atoms with Crippen molar-refractivity contribution >= 4 is 11.6 Å². The average Bonchev–Trinajstić information content (AvgIpc) is 2.33. The largest absolute Gasteiger partial charge is 0.485 e. The Bertz CT molecular complexity index is 411. The second-order valence-corrected chi connectivity index (χ2v) is 5.24. The van der Waals surface area contributed by atoms with Crippen LogP contribution >= 0.6 is 11.6 Å². The van der Waals surface area contributed by atoms with E-state index in [2.05, 4.69) is 0 Å². The lowest BCUT2D eigenvalue weighted by Gasteiger charge is -2.40. The van der Waals surface area contributed by atoms with Crippen LogP contribution in [0.25, 0.3) is 0 Å². The molecular weight excluding hydrogens is 255 g/mol. The third kappa shape index (κ3) is 2.96. The van der Waals surface area contributed by atoms with Crippen LogP contribution in [0.2, 0.25) is 0 Å². The fourth-order valence-electron chi connectivity index (χ4n) is 1.97. The van der Waals surface area contributed by atoms with Crippen LogP contribution in [-0.2, 0) is 4.74 Å². The normalized spacial score (nSPS) is 26.8. The molecule has 4 heteroatoms. The second-order valence-electron chi connectivity index (χ2n) is 4.68. The molecule has 1 aliphatic rings. The molecule has 100 valence electrons. The summed E-state index contributed by atoms with van der Waals surface area (Å²) in [6.07, 6.45) is 1.36. The van der Waals surface area contributed by atoms with Crippen LogP contribution in [0.15, 0.2) is 18.2 Å². The molecule has 3 atom stereocenters. The fourth-order valence-corrected chi connectivity index (χ4v) is 2.38. The van der Waals surface area contributed by atoms with Gasteiger partial charge in [0.2, 0.25) is 0 Å². The van der Waals surface area contributed by atoms with E-state index in [1.807, 2.05) is 13.8 Å². The molecule has 1 aromatic rings. The molecule has 3 unspecified atom stereocenters. The molecule has 1 aromatic carbocycles. The maximum absolute atomic E-state index is 13.6.